The van der Waals surface area contributed by atoms with Gasteiger partial charge in [-0.1, -0.05) is 63.5 Å². The van der Waals surface area contributed by atoms with Crippen LogP contribution < -0.4 is 0 Å². The Labute approximate surface area is 165 Å². The predicted octanol–water partition coefficient (Wildman–Crippen LogP) is 6.41. The van der Waals surface area contributed by atoms with Crippen LogP contribution in [0.5, 0.6) is 0 Å². The molecule has 1 aromatic carbocycles. The van der Waals surface area contributed by atoms with Gasteiger partial charge in [0.2, 0.25) is 0 Å². The van der Waals surface area contributed by atoms with Crippen LogP contribution in [0.2, 0.25) is 39.3 Å². The molecule has 0 N–H and O–H groups in total. The summed E-state index contributed by atoms with van der Waals surface area (Å²) in [6, 6.07) is 8.25. The maximum absolute atomic E-state index is 4.84. The molecular weight excluding hydrogens is 330 g/mol. The average Bonchev–Trinajstić information content (AvgIpc) is 2.03. The molecule has 0 aliphatic heterocycles. The van der Waals surface area contributed by atoms with Gasteiger partial charge in [0.05, 0.1) is 0 Å². The number of hydrogen-bond donors (Lipinski definition) is 0. The summed E-state index contributed by atoms with van der Waals surface area (Å²) in [4.78, 5) is 9.69. The summed E-state index contributed by atoms with van der Waals surface area (Å²) in [7, 11) is -2.85. The van der Waals surface area contributed by atoms with Crippen LogP contribution in [0.3, 0.4) is 0 Å². The lowest BCUT2D eigenvalue weighted by Gasteiger charge is -2.45. The van der Waals surface area contributed by atoms with Crippen molar-refractivity contribution in [2.24, 2.45) is 0 Å². The fourth-order valence-corrected chi connectivity index (χ4v) is 3.20. The fourth-order valence-electron chi connectivity index (χ4n) is 1.38. The minimum Gasteiger partial charge on any atom is -0.688 e. The van der Waals surface area contributed by atoms with E-state index in [1.165, 1.54) is 0 Å². The van der Waals surface area contributed by atoms with Crippen LogP contribution in [0.15, 0.2) is 24.3 Å². The SMILES string of the molecule is C[Si](C)(C)[N-]c1ccccc1[N-][Si](C)(C)C.[Al].[Al].[CH3-].[CH3-].[CH3-].[CH3-]. The van der Waals surface area contributed by atoms with E-state index in [2.05, 4.69) is 51.4 Å². The van der Waals surface area contributed by atoms with Crippen LogP contribution in [-0.4, -0.2) is 51.2 Å². The van der Waals surface area contributed by atoms with Gasteiger partial charge >= 0.3 is 0 Å². The second kappa shape index (κ2) is 14.9. The second-order valence-corrected chi connectivity index (χ2v) is 15.2. The van der Waals surface area contributed by atoms with Crippen molar-refractivity contribution in [2.45, 2.75) is 39.3 Å². The van der Waals surface area contributed by atoms with Crippen molar-refractivity contribution in [1.82, 2.24) is 0 Å². The molecule has 0 aromatic heterocycles. The smallest absolute Gasteiger partial charge is 0 e. The highest BCUT2D eigenvalue weighted by molar-refractivity contribution is 6.83. The van der Waals surface area contributed by atoms with Gasteiger partial charge in [0.25, 0.3) is 0 Å². The van der Waals surface area contributed by atoms with E-state index in [0.717, 1.165) is 11.4 Å². The highest BCUT2D eigenvalue weighted by Crippen LogP contribution is 2.39. The number of nitrogens with zero attached hydrogens (tertiary/aromatic N) is 2. The molecule has 0 amide bonds. The van der Waals surface area contributed by atoms with Crippen molar-refractivity contribution in [3.63, 3.8) is 0 Å². The summed E-state index contributed by atoms with van der Waals surface area (Å²) < 4.78 is 0. The zero-order valence-corrected chi connectivity index (χ0v) is 20.7. The highest BCUT2D eigenvalue weighted by Gasteiger charge is 2.02. The fraction of sp³-hybridized carbons (Fsp3) is 0.375. The van der Waals surface area contributed by atoms with E-state index in [-0.39, 0.29) is 64.4 Å². The first-order chi connectivity index (χ1) is 7.17. The van der Waals surface area contributed by atoms with E-state index in [0.29, 0.717) is 0 Å². The molecule has 0 aliphatic carbocycles. The Kier molecular flexibility index (Phi) is 25.8. The Balaban J connectivity index is -0.000000107. The Morgan fingerprint density at radius 1 is 0.591 bits per heavy atom. The maximum atomic E-state index is 4.84. The quantitative estimate of drug-likeness (QED) is 0.436. The van der Waals surface area contributed by atoms with Crippen molar-refractivity contribution in [1.29, 1.82) is 0 Å². The van der Waals surface area contributed by atoms with Crippen molar-refractivity contribution < 1.29 is 0 Å². The molecule has 0 saturated heterocycles. The zero-order valence-electron chi connectivity index (χ0n) is 16.4. The van der Waals surface area contributed by atoms with Gasteiger partial charge in [-0.2, -0.15) is 11.4 Å². The highest BCUT2D eigenvalue weighted by atomic mass is 28.3. The van der Waals surface area contributed by atoms with Crippen molar-refractivity contribution in [3.05, 3.63) is 63.9 Å². The molecule has 0 spiro atoms. The molecule has 0 aliphatic rings. The lowest BCUT2D eigenvalue weighted by Crippen LogP contribution is -2.18. The molecule has 1 aromatic rings. The topological polar surface area (TPSA) is 28.2 Å². The van der Waals surface area contributed by atoms with Gasteiger partial charge in [-0.05, 0) is 16.5 Å². The van der Waals surface area contributed by atoms with Crippen LogP contribution in [-0.2, 0) is 0 Å². The van der Waals surface area contributed by atoms with Crippen LogP contribution >= 0.6 is 0 Å². The molecule has 6 heteroatoms. The first-order valence-corrected chi connectivity index (χ1v) is 12.6. The molecule has 2 nitrogen and oxygen atoms in total. The lowest BCUT2D eigenvalue weighted by molar-refractivity contribution is 1.61. The van der Waals surface area contributed by atoms with E-state index >= 15 is 0 Å². The van der Waals surface area contributed by atoms with Gasteiger partial charge in [0, 0.05) is 34.7 Å². The standard InChI is InChI=1S/C12H22N2Si2.4CH3.2Al/c1-15(2,3)13-11-9-7-8-10-12(11)14-16(4,5)6;;;;;;/h7-10H,1-6H3;4*1H3;;/q-2;4*-1;;. The molecule has 128 valence electrons. The summed E-state index contributed by atoms with van der Waals surface area (Å²) in [6.45, 7) is 13.5. The van der Waals surface area contributed by atoms with Gasteiger partial charge in [-0.15, -0.1) is 0 Å². The molecule has 0 heterocycles. The third-order valence-electron chi connectivity index (χ3n) is 1.79. The van der Waals surface area contributed by atoms with Gasteiger partial charge in [0.1, 0.15) is 0 Å². The maximum Gasteiger partial charge on any atom is 0 e. The lowest BCUT2D eigenvalue weighted by atomic mass is 10.3. The molecule has 0 atom stereocenters. The Morgan fingerprint density at radius 3 is 1.00 bits per heavy atom. The van der Waals surface area contributed by atoms with E-state index in [1.54, 1.807) is 0 Å². The summed E-state index contributed by atoms with van der Waals surface area (Å²) in [5.74, 6) is 0. The summed E-state index contributed by atoms with van der Waals surface area (Å²) in [5, 5.41) is 0. The molecule has 6 radical (unpaired) electrons. The van der Waals surface area contributed by atoms with Gasteiger partial charge in [-0.3, -0.25) is 0 Å². The average molecular weight is 365 g/mol. The Hall–Kier alpha value is 0.319. The predicted molar refractivity (Wildman–Crippen MR) is 116 cm³/mol. The summed E-state index contributed by atoms with van der Waals surface area (Å²) in [6.07, 6.45) is 0. The normalized spacial score (nSPS) is 9.00. The Bertz CT molecular complexity index is 327. The molecule has 0 saturated carbocycles. The van der Waals surface area contributed by atoms with Crippen molar-refractivity contribution in [2.75, 3.05) is 0 Å². The first-order valence-electron chi connectivity index (χ1n) is 5.72. The Morgan fingerprint density at radius 2 is 0.818 bits per heavy atom. The van der Waals surface area contributed by atoms with E-state index in [1.807, 2.05) is 12.1 Å². The first kappa shape index (κ1) is 38.1. The van der Waals surface area contributed by atoms with Crippen LogP contribution in [0.1, 0.15) is 0 Å². The summed E-state index contributed by atoms with van der Waals surface area (Å²) >= 11 is 0. The minimum absolute atomic E-state index is 0. The summed E-state index contributed by atoms with van der Waals surface area (Å²) in [5.41, 5.74) is 2.15. The number of hydrogen-bond acceptors (Lipinski definition) is 0. The minimum atomic E-state index is -1.42. The molecule has 1 rings (SSSR count). The van der Waals surface area contributed by atoms with Crippen LogP contribution in [0.4, 0.5) is 11.4 Å². The van der Waals surface area contributed by atoms with Gasteiger partial charge in [-0.25, -0.2) is 0 Å². The van der Waals surface area contributed by atoms with E-state index in [9.17, 15) is 0 Å². The van der Waals surface area contributed by atoms with Crippen LogP contribution in [0, 0.1) is 29.7 Å². The largest absolute Gasteiger partial charge is 0.688 e. The molecule has 22 heavy (non-hydrogen) atoms. The molecular formula is C16H34Al2N2Si2-6. The monoisotopic (exact) mass is 364 g/mol. The van der Waals surface area contributed by atoms with Crippen molar-refractivity contribution in [3.8, 4) is 0 Å². The molecule has 0 bridgehead atoms. The number of rotatable bonds is 4. The molecule has 0 fully saturated rings. The van der Waals surface area contributed by atoms with Gasteiger partial charge < -0.3 is 39.7 Å². The van der Waals surface area contributed by atoms with Gasteiger partial charge in [0.15, 0.2) is 0 Å². The van der Waals surface area contributed by atoms with E-state index in [4.69, 9.17) is 9.96 Å². The molecule has 0 unspecified atom stereocenters. The van der Waals surface area contributed by atoms with Crippen LogP contribution in [0.25, 0.3) is 9.96 Å². The third-order valence-corrected chi connectivity index (χ3v) is 3.62. The van der Waals surface area contributed by atoms with Crippen molar-refractivity contribution >= 4 is 62.6 Å². The zero-order chi connectivity index (χ0) is 12.4. The second-order valence-electron chi connectivity index (χ2n) is 6.05. The number of benzene rings is 1. The van der Waals surface area contributed by atoms with E-state index < -0.39 is 16.5 Å². The third kappa shape index (κ3) is 16.7.